The smallest absolute Gasteiger partial charge is 0.341 e. The van der Waals surface area contributed by atoms with Gasteiger partial charge >= 0.3 is 5.97 Å². The van der Waals surface area contributed by atoms with E-state index in [2.05, 4.69) is 14.8 Å². The number of hydrogen-bond donors (Lipinski definition) is 3. The summed E-state index contributed by atoms with van der Waals surface area (Å²) >= 11 is 0. The Morgan fingerprint density at radius 1 is 1.16 bits per heavy atom. The molecule has 1 saturated heterocycles. The molecule has 1 atom stereocenters. The quantitative estimate of drug-likeness (QED) is 0.282. The lowest BCUT2D eigenvalue weighted by atomic mass is 10.1. The van der Waals surface area contributed by atoms with Crippen LogP contribution in [0.15, 0.2) is 56.8 Å². The number of piperazine rings is 1. The molecule has 228 valence electrons. The van der Waals surface area contributed by atoms with Gasteiger partial charge in [0, 0.05) is 44.1 Å². The van der Waals surface area contributed by atoms with Gasteiger partial charge in [-0.15, -0.1) is 0 Å². The Kier molecular flexibility index (Phi) is 8.03. The number of aryl methyl sites for hydroxylation is 1. The molecule has 0 radical (unpaired) electrons. The Balaban J connectivity index is 0.000000188. The highest BCUT2D eigenvalue weighted by atomic mass is 32.2. The maximum Gasteiger partial charge on any atom is 0.341 e. The van der Waals surface area contributed by atoms with Crippen LogP contribution in [0.2, 0.25) is 0 Å². The van der Waals surface area contributed by atoms with Gasteiger partial charge < -0.3 is 34.5 Å². The fourth-order valence-electron chi connectivity index (χ4n) is 4.95. The lowest BCUT2D eigenvalue weighted by molar-refractivity contribution is 0.0694. The van der Waals surface area contributed by atoms with Crippen molar-refractivity contribution in [2.75, 3.05) is 55.2 Å². The van der Waals surface area contributed by atoms with Gasteiger partial charge in [0.2, 0.25) is 5.43 Å². The van der Waals surface area contributed by atoms with Crippen LogP contribution in [0.25, 0.3) is 10.9 Å². The number of nitrogens with two attached hydrogens (primary N) is 1. The highest BCUT2D eigenvalue weighted by Crippen LogP contribution is 2.42. The van der Waals surface area contributed by atoms with E-state index < -0.39 is 27.2 Å². The van der Waals surface area contributed by atoms with Crippen molar-refractivity contribution >= 4 is 44.1 Å². The third-order valence-electron chi connectivity index (χ3n) is 7.25. The minimum absolute atomic E-state index is 0.0434. The molecule has 15 heteroatoms. The number of likely N-dealkylation sites (N-methyl/N-ethyl adjacent to an activating group) is 1. The summed E-state index contributed by atoms with van der Waals surface area (Å²) in [5, 5.41) is 12.9. The van der Waals surface area contributed by atoms with Gasteiger partial charge in [-0.05, 0) is 51.2 Å². The molecule has 43 heavy (non-hydrogen) atoms. The van der Waals surface area contributed by atoms with Gasteiger partial charge in [0.15, 0.2) is 17.4 Å². The molecular formula is C28H31FN6O7S. The number of pyridine rings is 1. The third-order valence-corrected chi connectivity index (χ3v) is 8.62. The summed E-state index contributed by atoms with van der Waals surface area (Å²) in [5.74, 6) is -0.863. The molecule has 0 aliphatic carbocycles. The number of rotatable bonds is 5. The SMILES string of the molecule is C[C@H]1COc2c(N3CCN(C)CC3)c(F)cc3c(=O)c(C(=O)O)cn1c23.Cc1cc(NS(=O)(=O)c2ccc(N)cc2)no1. The number of aromatic carboxylic acids is 1. The third kappa shape index (κ3) is 5.99. The van der Waals surface area contributed by atoms with Crippen LogP contribution in [-0.4, -0.2) is 74.0 Å². The topological polar surface area (TPSA) is 173 Å². The first kappa shape index (κ1) is 29.8. The lowest BCUT2D eigenvalue weighted by Gasteiger charge is -2.37. The first-order valence-corrected chi connectivity index (χ1v) is 14.9. The highest BCUT2D eigenvalue weighted by Gasteiger charge is 2.31. The van der Waals surface area contributed by atoms with Crippen LogP contribution in [0.4, 0.5) is 21.6 Å². The first-order chi connectivity index (χ1) is 20.4. The number of halogens is 1. The van der Waals surface area contributed by atoms with Crippen molar-refractivity contribution in [1.82, 2.24) is 14.6 Å². The Morgan fingerprint density at radius 3 is 2.44 bits per heavy atom. The molecule has 0 amide bonds. The van der Waals surface area contributed by atoms with Crippen LogP contribution in [0, 0.1) is 12.7 Å². The first-order valence-electron chi connectivity index (χ1n) is 13.4. The zero-order chi connectivity index (χ0) is 31.1. The second kappa shape index (κ2) is 11.6. The zero-order valence-corrected chi connectivity index (χ0v) is 24.5. The number of carboxylic acids is 1. The van der Waals surface area contributed by atoms with Crippen LogP contribution in [0.5, 0.6) is 5.75 Å². The van der Waals surface area contributed by atoms with E-state index in [0.717, 1.165) is 19.2 Å². The van der Waals surface area contributed by atoms with Crippen molar-refractivity contribution in [1.29, 1.82) is 0 Å². The Morgan fingerprint density at radius 2 is 1.84 bits per heavy atom. The van der Waals surface area contributed by atoms with Crippen LogP contribution in [0.3, 0.4) is 0 Å². The number of nitrogens with one attached hydrogen (secondary N) is 1. The molecule has 2 aromatic heterocycles. The number of aromatic nitrogens is 2. The molecule has 0 saturated carbocycles. The fraction of sp³-hybridized carbons (Fsp3) is 0.321. The van der Waals surface area contributed by atoms with Gasteiger partial charge in [-0.3, -0.25) is 9.52 Å². The van der Waals surface area contributed by atoms with Crippen LogP contribution in [-0.2, 0) is 10.0 Å². The van der Waals surface area contributed by atoms with Crippen molar-refractivity contribution in [2.45, 2.75) is 24.8 Å². The van der Waals surface area contributed by atoms with E-state index >= 15 is 0 Å². The average Bonchev–Trinajstić information content (AvgIpc) is 3.36. The van der Waals surface area contributed by atoms with Crippen molar-refractivity contribution in [3.63, 3.8) is 0 Å². The molecule has 0 bridgehead atoms. The van der Waals surface area contributed by atoms with Gasteiger partial charge in [-0.1, -0.05) is 5.16 Å². The van der Waals surface area contributed by atoms with Gasteiger partial charge in [0.05, 0.1) is 21.8 Å². The van der Waals surface area contributed by atoms with Crippen molar-refractivity contribution in [3.8, 4) is 5.75 Å². The van der Waals surface area contributed by atoms with E-state index in [4.69, 9.17) is 15.0 Å². The Hall–Kier alpha value is -4.63. The summed E-state index contributed by atoms with van der Waals surface area (Å²) in [6, 6.07) is 8.36. The maximum absolute atomic E-state index is 15.0. The molecule has 4 heterocycles. The molecule has 1 fully saturated rings. The predicted molar refractivity (Wildman–Crippen MR) is 158 cm³/mol. The summed E-state index contributed by atoms with van der Waals surface area (Å²) in [6.45, 7) is 6.75. The number of anilines is 3. The Bertz CT molecular complexity index is 1850. The van der Waals surface area contributed by atoms with Crippen molar-refractivity contribution < 1.29 is 32.0 Å². The lowest BCUT2D eigenvalue weighted by Crippen LogP contribution is -2.45. The number of benzene rings is 2. The predicted octanol–water partition coefficient (Wildman–Crippen LogP) is 2.91. The molecule has 4 N–H and O–H groups in total. The summed E-state index contributed by atoms with van der Waals surface area (Å²) in [5.41, 5.74) is 5.76. The number of hydrogen-bond acceptors (Lipinski definition) is 10. The number of carbonyl (C=O) groups is 1. The van der Waals surface area contributed by atoms with Crippen LogP contribution >= 0.6 is 0 Å². The fourth-order valence-corrected chi connectivity index (χ4v) is 5.93. The normalized spacial score (nSPS) is 16.7. The molecule has 2 aliphatic rings. The van der Waals surface area contributed by atoms with E-state index in [1.165, 1.54) is 36.5 Å². The summed E-state index contributed by atoms with van der Waals surface area (Å²) in [4.78, 5) is 28.2. The molecule has 2 aromatic carbocycles. The highest BCUT2D eigenvalue weighted by molar-refractivity contribution is 7.92. The zero-order valence-electron chi connectivity index (χ0n) is 23.7. The van der Waals surface area contributed by atoms with E-state index in [-0.39, 0.29) is 34.3 Å². The minimum Gasteiger partial charge on any atom is -0.487 e. The monoisotopic (exact) mass is 614 g/mol. The van der Waals surface area contributed by atoms with E-state index in [0.29, 0.717) is 41.5 Å². The van der Waals surface area contributed by atoms with Crippen molar-refractivity contribution in [3.05, 3.63) is 70.0 Å². The molecule has 0 unspecified atom stereocenters. The van der Waals surface area contributed by atoms with Gasteiger partial charge in [-0.2, -0.15) is 0 Å². The molecule has 4 aromatic rings. The van der Waals surface area contributed by atoms with Gasteiger partial charge in [-0.25, -0.2) is 17.6 Å². The second-order valence-corrected chi connectivity index (χ2v) is 12.1. The Labute approximate surface area is 246 Å². The van der Waals surface area contributed by atoms with E-state index in [1.807, 2.05) is 18.9 Å². The van der Waals surface area contributed by atoms with Crippen LogP contribution < -0.4 is 25.5 Å². The second-order valence-electron chi connectivity index (χ2n) is 10.5. The number of carboxylic acid groups (broad SMARTS) is 1. The molecule has 6 rings (SSSR count). The summed E-state index contributed by atoms with van der Waals surface area (Å²) in [6.07, 6.45) is 1.34. The minimum atomic E-state index is -3.64. The van der Waals surface area contributed by atoms with Crippen LogP contribution in [0.1, 0.15) is 29.1 Å². The van der Waals surface area contributed by atoms with Crippen molar-refractivity contribution in [2.24, 2.45) is 0 Å². The van der Waals surface area contributed by atoms with Gasteiger partial charge in [0.25, 0.3) is 10.0 Å². The summed E-state index contributed by atoms with van der Waals surface area (Å²) in [7, 11) is -1.63. The molecule has 2 aliphatic heterocycles. The molecular weight excluding hydrogens is 583 g/mol. The molecule has 0 spiro atoms. The number of ether oxygens (including phenoxy) is 1. The standard InChI is InChI=1S/C18H20FN3O4.C10H11N3O3S/c1-10-9-26-17-14-11(16(23)12(18(24)25)8-22(10)14)7-13(19)15(17)21-5-3-20(2)4-6-21;1-7-6-10(12-16-7)13-17(14,15)9-4-2-8(11)3-5-9/h7-8,10H,3-6,9H2,1-2H3,(H,24,25);2-6H,11H2,1H3,(H,12,13)/t10-;/m0./s1. The molecule has 13 nitrogen and oxygen atoms in total. The number of nitrogens with zero attached hydrogens (tertiary/aromatic N) is 4. The van der Waals surface area contributed by atoms with E-state index in [1.54, 1.807) is 11.5 Å². The maximum atomic E-state index is 15.0. The number of sulfonamides is 1. The van der Waals surface area contributed by atoms with E-state index in [9.17, 15) is 27.5 Å². The van der Waals surface area contributed by atoms with Gasteiger partial charge in [0.1, 0.15) is 23.6 Å². The average molecular weight is 615 g/mol. The summed E-state index contributed by atoms with van der Waals surface area (Å²) < 4.78 is 53.4. The number of nitrogen functional groups attached to an aromatic ring is 1. The largest absolute Gasteiger partial charge is 0.487 e.